The standard InChI is InChI=1S/C11H15FN2O5/c1-3-18-9(15)11(17,10(16)19-4-2)7-14-6-8(12)5-13-14/h5-6,17H,3-4,7H2,1-2H3. The van der Waals surface area contributed by atoms with Crippen LogP contribution in [0.15, 0.2) is 12.4 Å². The number of hydrogen-bond acceptors (Lipinski definition) is 6. The van der Waals surface area contributed by atoms with Crippen molar-refractivity contribution in [3.8, 4) is 0 Å². The average molecular weight is 274 g/mol. The first kappa shape index (κ1) is 15.1. The van der Waals surface area contributed by atoms with Crippen molar-refractivity contribution in [3.63, 3.8) is 0 Å². The quantitative estimate of drug-likeness (QED) is 0.574. The van der Waals surface area contributed by atoms with E-state index in [1.807, 2.05) is 0 Å². The molecule has 1 rings (SSSR count). The molecule has 0 aliphatic rings. The van der Waals surface area contributed by atoms with E-state index in [1.165, 1.54) is 13.8 Å². The molecule has 0 fully saturated rings. The molecule has 1 aromatic rings. The number of aromatic nitrogens is 2. The van der Waals surface area contributed by atoms with Crippen molar-refractivity contribution < 1.29 is 28.6 Å². The summed E-state index contributed by atoms with van der Waals surface area (Å²) in [4.78, 5) is 23.4. The van der Waals surface area contributed by atoms with Crippen LogP contribution >= 0.6 is 0 Å². The van der Waals surface area contributed by atoms with Crippen molar-refractivity contribution in [2.45, 2.75) is 26.0 Å². The molecule has 1 aromatic heterocycles. The molecule has 0 saturated carbocycles. The Morgan fingerprint density at radius 1 is 1.37 bits per heavy atom. The minimum atomic E-state index is -2.55. The average Bonchev–Trinajstić information content (AvgIpc) is 2.75. The number of esters is 2. The van der Waals surface area contributed by atoms with Gasteiger partial charge in [-0.05, 0) is 13.8 Å². The molecule has 7 nitrogen and oxygen atoms in total. The molecule has 0 amide bonds. The zero-order valence-corrected chi connectivity index (χ0v) is 10.6. The van der Waals surface area contributed by atoms with Gasteiger partial charge in [-0.3, -0.25) is 4.68 Å². The summed E-state index contributed by atoms with van der Waals surface area (Å²) in [6.45, 7) is 2.42. The van der Waals surface area contributed by atoms with Crippen LogP contribution in [0.25, 0.3) is 0 Å². The van der Waals surface area contributed by atoms with Crippen molar-refractivity contribution in [2.75, 3.05) is 13.2 Å². The zero-order valence-electron chi connectivity index (χ0n) is 10.6. The lowest BCUT2D eigenvalue weighted by Gasteiger charge is -2.23. The predicted octanol–water partition coefficient (Wildman–Crippen LogP) is -0.121. The minimum absolute atomic E-state index is 0.0198. The third-order valence-electron chi connectivity index (χ3n) is 2.22. The lowest BCUT2D eigenvalue weighted by molar-refractivity contribution is -0.185. The highest BCUT2D eigenvalue weighted by atomic mass is 19.1. The molecule has 0 atom stereocenters. The van der Waals surface area contributed by atoms with Gasteiger partial charge in [0.1, 0.15) is 0 Å². The van der Waals surface area contributed by atoms with Crippen LogP contribution in [0.1, 0.15) is 13.8 Å². The van der Waals surface area contributed by atoms with Gasteiger partial charge in [0.2, 0.25) is 0 Å². The topological polar surface area (TPSA) is 90.6 Å². The Morgan fingerprint density at radius 3 is 2.26 bits per heavy atom. The summed E-state index contributed by atoms with van der Waals surface area (Å²) in [5.74, 6) is -2.98. The zero-order chi connectivity index (χ0) is 14.5. The summed E-state index contributed by atoms with van der Waals surface area (Å²) in [5, 5.41) is 13.7. The SMILES string of the molecule is CCOC(=O)C(O)(Cn1cc(F)cn1)C(=O)OCC. The van der Waals surface area contributed by atoms with Crippen LogP contribution in [0, 0.1) is 5.82 Å². The first-order chi connectivity index (χ1) is 8.93. The molecule has 0 saturated heterocycles. The van der Waals surface area contributed by atoms with Gasteiger partial charge in [0.15, 0.2) is 5.82 Å². The van der Waals surface area contributed by atoms with Crippen molar-refractivity contribution in [3.05, 3.63) is 18.2 Å². The number of halogens is 1. The van der Waals surface area contributed by atoms with E-state index in [9.17, 15) is 19.1 Å². The lowest BCUT2D eigenvalue weighted by Crippen LogP contribution is -2.52. The molecular weight excluding hydrogens is 259 g/mol. The van der Waals surface area contributed by atoms with Gasteiger partial charge in [0.05, 0.1) is 32.2 Å². The largest absolute Gasteiger partial charge is 0.463 e. The molecule has 0 spiro atoms. The highest BCUT2D eigenvalue weighted by Gasteiger charge is 2.48. The van der Waals surface area contributed by atoms with E-state index in [0.29, 0.717) is 0 Å². The third-order valence-corrected chi connectivity index (χ3v) is 2.22. The van der Waals surface area contributed by atoms with Crippen molar-refractivity contribution in [2.24, 2.45) is 0 Å². The first-order valence-electron chi connectivity index (χ1n) is 5.68. The lowest BCUT2D eigenvalue weighted by atomic mass is 10.1. The Hall–Kier alpha value is -1.96. The molecule has 0 aliphatic heterocycles. The molecule has 19 heavy (non-hydrogen) atoms. The summed E-state index contributed by atoms with van der Waals surface area (Å²) in [6, 6.07) is 0. The second-order valence-electron chi connectivity index (χ2n) is 3.66. The molecule has 1 heterocycles. The van der Waals surface area contributed by atoms with Gasteiger partial charge in [0, 0.05) is 0 Å². The summed E-state index contributed by atoms with van der Waals surface area (Å²) >= 11 is 0. The minimum Gasteiger partial charge on any atom is -0.463 e. The van der Waals surface area contributed by atoms with Crippen LogP contribution in [0.2, 0.25) is 0 Å². The van der Waals surface area contributed by atoms with Crippen LogP contribution in [-0.2, 0) is 25.6 Å². The molecule has 0 aromatic carbocycles. The predicted molar refractivity (Wildman–Crippen MR) is 60.4 cm³/mol. The van der Waals surface area contributed by atoms with E-state index in [-0.39, 0.29) is 13.2 Å². The van der Waals surface area contributed by atoms with Gasteiger partial charge in [-0.25, -0.2) is 14.0 Å². The third kappa shape index (κ3) is 3.50. The normalized spacial score (nSPS) is 11.2. The van der Waals surface area contributed by atoms with Crippen LogP contribution < -0.4 is 0 Å². The number of carbonyl (C=O) groups is 2. The van der Waals surface area contributed by atoms with Gasteiger partial charge in [-0.2, -0.15) is 5.10 Å². The van der Waals surface area contributed by atoms with Gasteiger partial charge < -0.3 is 14.6 Å². The Kier molecular flexibility index (Phi) is 4.99. The fraction of sp³-hybridized carbons (Fsp3) is 0.545. The maximum atomic E-state index is 12.8. The maximum absolute atomic E-state index is 12.8. The van der Waals surface area contributed by atoms with Crippen molar-refractivity contribution in [1.29, 1.82) is 0 Å². The summed E-state index contributed by atoms with van der Waals surface area (Å²) in [6.07, 6.45) is 1.82. The van der Waals surface area contributed by atoms with Crippen LogP contribution in [0.3, 0.4) is 0 Å². The fourth-order valence-corrected chi connectivity index (χ4v) is 1.37. The summed E-state index contributed by atoms with van der Waals surface area (Å²) < 4.78 is 23.0. The van der Waals surface area contributed by atoms with Crippen LogP contribution in [0.4, 0.5) is 4.39 Å². The van der Waals surface area contributed by atoms with Crippen LogP contribution in [-0.4, -0.2) is 45.6 Å². The molecule has 106 valence electrons. The molecule has 0 bridgehead atoms. The first-order valence-corrected chi connectivity index (χ1v) is 5.68. The summed E-state index contributed by atoms with van der Waals surface area (Å²) in [5.41, 5.74) is -2.55. The molecule has 1 N–H and O–H groups in total. The smallest absolute Gasteiger partial charge is 0.352 e. The molecule has 0 aliphatic carbocycles. The van der Waals surface area contributed by atoms with Crippen molar-refractivity contribution in [1.82, 2.24) is 9.78 Å². The van der Waals surface area contributed by atoms with E-state index >= 15 is 0 Å². The van der Waals surface area contributed by atoms with Gasteiger partial charge in [0.25, 0.3) is 5.60 Å². The van der Waals surface area contributed by atoms with E-state index in [1.54, 1.807) is 0 Å². The monoisotopic (exact) mass is 274 g/mol. The highest BCUT2D eigenvalue weighted by Crippen LogP contribution is 2.14. The fourth-order valence-electron chi connectivity index (χ4n) is 1.37. The Balaban J connectivity index is 2.97. The molecule has 0 unspecified atom stereocenters. The van der Waals surface area contributed by atoms with Gasteiger partial charge in [-0.15, -0.1) is 0 Å². The molecule has 0 radical (unpaired) electrons. The number of carbonyl (C=O) groups excluding carboxylic acids is 2. The number of rotatable bonds is 6. The number of nitrogens with zero attached hydrogens (tertiary/aromatic N) is 2. The number of ether oxygens (including phenoxy) is 2. The van der Waals surface area contributed by atoms with Crippen LogP contribution in [0.5, 0.6) is 0 Å². The van der Waals surface area contributed by atoms with E-state index in [2.05, 4.69) is 14.6 Å². The second-order valence-corrected chi connectivity index (χ2v) is 3.66. The van der Waals surface area contributed by atoms with E-state index in [4.69, 9.17) is 0 Å². The Bertz CT molecular complexity index is 442. The van der Waals surface area contributed by atoms with Gasteiger partial charge in [-0.1, -0.05) is 0 Å². The number of hydrogen-bond donors (Lipinski definition) is 1. The van der Waals surface area contributed by atoms with Crippen molar-refractivity contribution >= 4 is 11.9 Å². The van der Waals surface area contributed by atoms with E-state index < -0.39 is 29.9 Å². The number of aliphatic hydroxyl groups is 1. The summed E-state index contributed by atoms with van der Waals surface area (Å²) in [7, 11) is 0. The maximum Gasteiger partial charge on any atom is 0.352 e. The van der Waals surface area contributed by atoms with E-state index in [0.717, 1.165) is 17.1 Å². The van der Waals surface area contributed by atoms with Gasteiger partial charge >= 0.3 is 11.9 Å². The Labute approximate surface area is 108 Å². The highest BCUT2D eigenvalue weighted by molar-refractivity contribution is 6.03. The second kappa shape index (κ2) is 6.28. The molecule has 8 heteroatoms. The molecular formula is C11H15FN2O5. The Morgan fingerprint density at radius 2 is 1.89 bits per heavy atom.